The van der Waals surface area contributed by atoms with Crippen LogP contribution in [0.25, 0.3) is 11.1 Å². The standard InChI is InChI=1S/C31H34N2O6/c1-21(17-18-38-19-22-9-3-2-4-10-22)32-30(36)28(15-16-29(34)35)33-31(37)39-20-27-25-13-7-5-11-23(25)24-12-6-8-14-26(24)27/h2-14,21,27-28H,15-20H2,1H3,(H,32,36)(H,33,37)(H,34,35). The van der Waals surface area contributed by atoms with Crippen molar-refractivity contribution in [3.8, 4) is 11.1 Å². The molecular weight excluding hydrogens is 496 g/mol. The molecule has 1 aliphatic carbocycles. The number of carboxylic acids is 1. The van der Waals surface area contributed by atoms with Crippen LogP contribution in [0.5, 0.6) is 0 Å². The van der Waals surface area contributed by atoms with Gasteiger partial charge < -0.3 is 25.2 Å². The molecule has 1 aliphatic rings. The van der Waals surface area contributed by atoms with Crippen LogP contribution in [-0.2, 0) is 25.7 Å². The second-order valence-electron chi connectivity index (χ2n) is 9.69. The molecular formula is C31H34N2O6. The lowest BCUT2D eigenvalue weighted by atomic mass is 9.98. The smallest absolute Gasteiger partial charge is 0.407 e. The summed E-state index contributed by atoms with van der Waals surface area (Å²) in [4.78, 5) is 36.8. The fourth-order valence-electron chi connectivity index (χ4n) is 4.76. The highest BCUT2D eigenvalue weighted by molar-refractivity contribution is 5.86. The van der Waals surface area contributed by atoms with Gasteiger partial charge in [0.05, 0.1) is 6.61 Å². The molecule has 0 heterocycles. The Kier molecular flexibility index (Phi) is 9.69. The first-order chi connectivity index (χ1) is 18.9. The molecule has 3 N–H and O–H groups in total. The molecule has 0 radical (unpaired) electrons. The highest BCUT2D eigenvalue weighted by Crippen LogP contribution is 2.44. The number of alkyl carbamates (subject to hydrolysis) is 1. The minimum Gasteiger partial charge on any atom is -0.481 e. The molecule has 204 valence electrons. The Morgan fingerprint density at radius 3 is 2.10 bits per heavy atom. The molecule has 0 aromatic heterocycles. The van der Waals surface area contributed by atoms with Crippen LogP contribution in [0.3, 0.4) is 0 Å². The molecule has 2 amide bonds. The first-order valence-electron chi connectivity index (χ1n) is 13.2. The van der Waals surface area contributed by atoms with Gasteiger partial charge >= 0.3 is 12.1 Å². The molecule has 0 saturated heterocycles. The molecule has 0 saturated carbocycles. The number of ether oxygens (including phenoxy) is 2. The first kappa shape index (κ1) is 27.9. The third kappa shape index (κ3) is 7.67. The van der Waals surface area contributed by atoms with Crippen LogP contribution in [-0.4, -0.2) is 48.4 Å². The summed E-state index contributed by atoms with van der Waals surface area (Å²) in [6.45, 7) is 2.86. The third-order valence-electron chi connectivity index (χ3n) is 6.79. The van der Waals surface area contributed by atoms with E-state index in [1.54, 1.807) is 0 Å². The van der Waals surface area contributed by atoms with Crippen LogP contribution in [0.2, 0.25) is 0 Å². The van der Waals surface area contributed by atoms with Crippen molar-refractivity contribution in [2.75, 3.05) is 13.2 Å². The molecule has 8 nitrogen and oxygen atoms in total. The number of aliphatic carboxylic acids is 1. The summed E-state index contributed by atoms with van der Waals surface area (Å²) < 4.78 is 11.2. The minimum absolute atomic E-state index is 0.0530. The molecule has 0 fully saturated rings. The van der Waals surface area contributed by atoms with Crippen molar-refractivity contribution in [2.24, 2.45) is 0 Å². The number of amides is 2. The van der Waals surface area contributed by atoms with Gasteiger partial charge in [0.25, 0.3) is 0 Å². The predicted molar refractivity (Wildman–Crippen MR) is 147 cm³/mol. The Morgan fingerprint density at radius 2 is 1.46 bits per heavy atom. The number of carbonyl (C=O) groups is 3. The normalized spacial score (nSPS) is 13.6. The molecule has 3 aromatic rings. The number of fused-ring (bicyclic) bond motifs is 3. The van der Waals surface area contributed by atoms with Gasteiger partial charge in [-0.1, -0.05) is 78.9 Å². The highest BCUT2D eigenvalue weighted by atomic mass is 16.5. The number of hydrogen-bond donors (Lipinski definition) is 3. The molecule has 39 heavy (non-hydrogen) atoms. The van der Waals surface area contributed by atoms with E-state index in [2.05, 4.69) is 10.6 Å². The summed E-state index contributed by atoms with van der Waals surface area (Å²) in [5.41, 5.74) is 5.45. The third-order valence-corrected chi connectivity index (χ3v) is 6.79. The molecule has 8 heteroatoms. The average Bonchev–Trinajstić information content (AvgIpc) is 3.26. The molecule has 2 unspecified atom stereocenters. The van der Waals surface area contributed by atoms with E-state index < -0.39 is 24.0 Å². The van der Waals surface area contributed by atoms with Gasteiger partial charge in [0.1, 0.15) is 12.6 Å². The van der Waals surface area contributed by atoms with Gasteiger partial charge in [-0.05, 0) is 47.6 Å². The highest BCUT2D eigenvalue weighted by Gasteiger charge is 2.30. The van der Waals surface area contributed by atoms with Gasteiger partial charge in [-0.2, -0.15) is 0 Å². The lowest BCUT2D eigenvalue weighted by Gasteiger charge is -2.21. The molecule has 0 bridgehead atoms. The summed E-state index contributed by atoms with van der Waals surface area (Å²) in [6, 6.07) is 24.5. The van der Waals surface area contributed by atoms with Crippen molar-refractivity contribution >= 4 is 18.0 Å². The Morgan fingerprint density at radius 1 is 0.846 bits per heavy atom. The zero-order chi connectivity index (χ0) is 27.6. The topological polar surface area (TPSA) is 114 Å². The maximum absolute atomic E-state index is 12.9. The zero-order valence-electron chi connectivity index (χ0n) is 22.0. The van der Waals surface area contributed by atoms with Crippen molar-refractivity contribution in [2.45, 2.75) is 50.8 Å². The van der Waals surface area contributed by atoms with Crippen molar-refractivity contribution < 1.29 is 29.0 Å². The Hall–Kier alpha value is -4.17. The summed E-state index contributed by atoms with van der Waals surface area (Å²) in [6.07, 6.45) is -0.519. The lowest BCUT2D eigenvalue weighted by Crippen LogP contribution is -2.49. The van der Waals surface area contributed by atoms with Crippen LogP contribution in [0, 0.1) is 0 Å². The van der Waals surface area contributed by atoms with E-state index in [4.69, 9.17) is 14.6 Å². The monoisotopic (exact) mass is 530 g/mol. The lowest BCUT2D eigenvalue weighted by molar-refractivity contribution is -0.137. The van der Waals surface area contributed by atoms with Crippen LogP contribution >= 0.6 is 0 Å². The fraction of sp³-hybridized carbons (Fsp3) is 0.323. The van der Waals surface area contributed by atoms with E-state index in [9.17, 15) is 14.4 Å². The number of rotatable bonds is 13. The van der Waals surface area contributed by atoms with E-state index >= 15 is 0 Å². The maximum atomic E-state index is 12.9. The quantitative estimate of drug-likeness (QED) is 0.272. The average molecular weight is 531 g/mol. The van der Waals surface area contributed by atoms with Gasteiger partial charge in [-0.25, -0.2) is 4.79 Å². The van der Waals surface area contributed by atoms with Gasteiger partial charge in [-0.15, -0.1) is 0 Å². The first-order valence-corrected chi connectivity index (χ1v) is 13.2. The Labute approximate surface area is 228 Å². The summed E-state index contributed by atoms with van der Waals surface area (Å²) in [5, 5.41) is 14.6. The molecule has 3 aromatic carbocycles. The summed E-state index contributed by atoms with van der Waals surface area (Å²) >= 11 is 0. The van der Waals surface area contributed by atoms with Crippen molar-refractivity contribution in [3.63, 3.8) is 0 Å². The molecule has 2 atom stereocenters. The van der Waals surface area contributed by atoms with Crippen LogP contribution < -0.4 is 10.6 Å². The number of hydrogen-bond acceptors (Lipinski definition) is 5. The summed E-state index contributed by atoms with van der Waals surface area (Å²) in [7, 11) is 0. The maximum Gasteiger partial charge on any atom is 0.407 e. The van der Waals surface area contributed by atoms with Gasteiger partial charge in [0, 0.05) is 25.0 Å². The van der Waals surface area contributed by atoms with Gasteiger partial charge in [-0.3, -0.25) is 9.59 Å². The molecule has 4 rings (SSSR count). The van der Waals surface area contributed by atoms with E-state index in [1.165, 1.54) is 0 Å². The van der Waals surface area contributed by atoms with Crippen LogP contribution in [0.1, 0.15) is 48.8 Å². The predicted octanol–water partition coefficient (Wildman–Crippen LogP) is 4.87. The minimum atomic E-state index is -1.05. The van der Waals surface area contributed by atoms with Crippen molar-refractivity contribution in [1.29, 1.82) is 0 Å². The number of carboxylic acid groups (broad SMARTS) is 1. The second kappa shape index (κ2) is 13.6. The molecule has 0 aliphatic heterocycles. The van der Waals surface area contributed by atoms with E-state index in [-0.39, 0.29) is 31.4 Å². The second-order valence-corrected chi connectivity index (χ2v) is 9.69. The summed E-state index contributed by atoms with van der Waals surface area (Å²) in [5.74, 6) is -1.63. The Balaban J connectivity index is 1.29. The number of benzene rings is 3. The van der Waals surface area contributed by atoms with Crippen molar-refractivity contribution in [3.05, 3.63) is 95.6 Å². The van der Waals surface area contributed by atoms with E-state index in [1.807, 2.05) is 85.8 Å². The zero-order valence-corrected chi connectivity index (χ0v) is 22.0. The van der Waals surface area contributed by atoms with Crippen LogP contribution in [0.4, 0.5) is 4.79 Å². The van der Waals surface area contributed by atoms with Crippen LogP contribution in [0.15, 0.2) is 78.9 Å². The molecule has 0 spiro atoms. The van der Waals surface area contributed by atoms with Crippen molar-refractivity contribution in [1.82, 2.24) is 10.6 Å². The number of carbonyl (C=O) groups excluding carboxylic acids is 2. The van der Waals surface area contributed by atoms with E-state index in [0.29, 0.717) is 19.6 Å². The number of nitrogens with one attached hydrogen (secondary N) is 2. The van der Waals surface area contributed by atoms with Gasteiger partial charge in [0.2, 0.25) is 5.91 Å². The fourth-order valence-corrected chi connectivity index (χ4v) is 4.76. The largest absolute Gasteiger partial charge is 0.481 e. The van der Waals surface area contributed by atoms with Gasteiger partial charge in [0.15, 0.2) is 0 Å². The Bertz CT molecular complexity index is 1230. The van der Waals surface area contributed by atoms with E-state index in [0.717, 1.165) is 27.8 Å². The SMILES string of the molecule is CC(CCOCc1ccccc1)NC(=O)C(CCC(=O)O)NC(=O)OCC1c2ccccc2-c2ccccc21.